The second-order valence-electron chi connectivity index (χ2n) is 6.62. The number of nitrogens with one attached hydrogen (secondary N) is 1. The van der Waals surface area contributed by atoms with Crippen molar-refractivity contribution in [3.05, 3.63) is 0 Å². The molecule has 5 heteroatoms. The van der Waals surface area contributed by atoms with Crippen molar-refractivity contribution in [2.45, 2.75) is 45.7 Å². The lowest BCUT2D eigenvalue weighted by atomic mass is 9.82. The van der Waals surface area contributed by atoms with Gasteiger partial charge in [-0.05, 0) is 30.4 Å². The third-order valence-electron chi connectivity index (χ3n) is 3.86. The zero-order valence-electron chi connectivity index (χ0n) is 12.2. The summed E-state index contributed by atoms with van der Waals surface area (Å²) in [5.41, 5.74) is -0.229. The van der Waals surface area contributed by atoms with E-state index in [0.717, 1.165) is 18.6 Å². The highest BCUT2D eigenvalue weighted by atomic mass is 32.2. The summed E-state index contributed by atoms with van der Waals surface area (Å²) >= 11 is 1.71. The normalized spacial score (nSPS) is 28.5. The Balaban J connectivity index is 2.21. The molecule has 2 fully saturated rings. The SMILES string of the molecule is CSCCN1C(=O)C(C2CC2)NC(=O)C1C(C)(C)C. The Bertz CT molecular complexity index is 374. The smallest absolute Gasteiger partial charge is 0.246 e. The van der Waals surface area contributed by atoms with E-state index in [0.29, 0.717) is 12.5 Å². The molecule has 2 unspecified atom stereocenters. The van der Waals surface area contributed by atoms with Gasteiger partial charge in [-0.25, -0.2) is 0 Å². The van der Waals surface area contributed by atoms with E-state index in [4.69, 9.17) is 0 Å². The second-order valence-corrected chi connectivity index (χ2v) is 7.60. The van der Waals surface area contributed by atoms with Crippen molar-refractivity contribution in [1.82, 2.24) is 10.2 Å². The summed E-state index contributed by atoms with van der Waals surface area (Å²) in [6, 6.07) is -0.616. The monoisotopic (exact) mass is 284 g/mol. The Morgan fingerprint density at radius 2 is 1.95 bits per heavy atom. The molecule has 0 aromatic rings. The molecule has 0 aromatic heterocycles. The largest absolute Gasteiger partial charge is 0.342 e. The highest BCUT2D eigenvalue weighted by molar-refractivity contribution is 7.98. The van der Waals surface area contributed by atoms with Gasteiger partial charge in [-0.3, -0.25) is 9.59 Å². The molecule has 2 amide bonds. The third-order valence-corrected chi connectivity index (χ3v) is 4.45. The topological polar surface area (TPSA) is 49.4 Å². The van der Waals surface area contributed by atoms with Crippen LogP contribution in [-0.4, -0.2) is 47.4 Å². The van der Waals surface area contributed by atoms with E-state index >= 15 is 0 Å². The Hall–Kier alpha value is -0.710. The first-order valence-electron chi connectivity index (χ1n) is 6.96. The number of nitrogens with zero attached hydrogens (tertiary/aromatic N) is 1. The van der Waals surface area contributed by atoms with Crippen molar-refractivity contribution in [1.29, 1.82) is 0 Å². The fourth-order valence-corrected chi connectivity index (χ4v) is 3.16. The minimum absolute atomic E-state index is 0.0186. The van der Waals surface area contributed by atoms with Gasteiger partial charge in [-0.2, -0.15) is 11.8 Å². The standard InChI is InChI=1S/C14H24N2O2S/c1-14(2,3)11-12(17)15-10(9-5-6-9)13(18)16(11)7-8-19-4/h9-11H,5-8H2,1-4H3,(H,15,17). The molecule has 2 atom stereocenters. The van der Waals surface area contributed by atoms with Gasteiger partial charge in [0.2, 0.25) is 11.8 Å². The van der Waals surface area contributed by atoms with Gasteiger partial charge in [-0.1, -0.05) is 20.8 Å². The second kappa shape index (κ2) is 5.35. The van der Waals surface area contributed by atoms with Gasteiger partial charge in [0.15, 0.2) is 0 Å². The van der Waals surface area contributed by atoms with E-state index in [1.165, 1.54) is 0 Å². The van der Waals surface area contributed by atoms with Crippen LogP contribution in [0, 0.1) is 11.3 Å². The molecule has 1 aliphatic carbocycles. The van der Waals surface area contributed by atoms with Gasteiger partial charge < -0.3 is 10.2 Å². The Labute approximate surface area is 119 Å². The first-order chi connectivity index (χ1) is 8.86. The first-order valence-corrected chi connectivity index (χ1v) is 8.35. The van der Waals surface area contributed by atoms with Crippen LogP contribution in [0.2, 0.25) is 0 Å². The lowest BCUT2D eigenvalue weighted by Gasteiger charge is -2.44. The van der Waals surface area contributed by atoms with Gasteiger partial charge in [0.05, 0.1) is 0 Å². The van der Waals surface area contributed by atoms with Crippen LogP contribution in [0.15, 0.2) is 0 Å². The van der Waals surface area contributed by atoms with E-state index in [1.54, 1.807) is 11.8 Å². The van der Waals surface area contributed by atoms with Crippen LogP contribution in [0.3, 0.4) is 0 Å². The zero-order valence-corrected chi connectivity index (χ0v) is 13.0. The first kappa shape index (κ1) is 14.7. The molecule has 1 saturated carbocycles. The molecular formula is C14H24N2O2S. The number of carbonyl (C=O) groups is 2. The number of rotatable bonds is 4. The molecule has 108 valence electrons. The highest BCUT2D eigenvalue weighted by Crippen LogP contribution is 2.37. The van der Waals surface area contributed by atoms with Gasteiger partial charge >= 0.3 is 0 Å². The number of piperazine rings is 1. The van der Waals surface area contributed by atoms with Gasteiger partial charge in [-0.15, -0.1) is 0 Å². The van der Waals surface area contributed by atoms with Gasteiger partial charge in [0.25, 0.3) is 0 Å². The van der Waals surface area contributed by atoms with E-state index in [2.05, 4.69) is 5.32 Å². The number of hydrogen-bond acceptors (Lipinski definition) is 3. The molecule has 0 radical (unpaired) electrons. The average molecular weight is 284 g/mol. The summed E-state index contributed by atoms with van der Waals surface area (Å²) in [5.74, 6) is 1.39. The molecule has 2 rings (SSSR count). The van der Waals surface area contributed by atoms with Gasteiger partial charge in [0.1, 0.15) is 12.1 Å². The van der Waals surface area contributed by atoms with Crippen molar-refractivity contribution >= 4 is 23.6 Å². The predicted octanol–water partition coefficient (Wildman–Crippen LogP) is 1.50. The number of hydrogen-bond donors (Lipinski definition) is 1. The van der Waals surface area contributed by atoms with Crippen LogP contribution in [0.25, 0.3) is 0 Å². The zero-order chi connectivity index (χ0) is 14.2. The summed E-state index contributed by atoms with van der Waals surface area (Å²) in [6.07, 6.45) is 4.15. The predicted molar refractivity (Wildman–Crippen MR) is 78.0 cm³/mol. The molecule has 1 aliphatic heterocycles. The summed E-state index contributed by atoms with van der Waals surface area (Å²) in [6.45, 7) is 6.73. The molecule has 0 bridgehead atoms. The number of carbonyl (C=O) groups excluding carboxylic acids is 2. The quantitative estimate of drug-likeness (QED) is 0.851. The van der Waals surface area contributed by atoms with E-state index in [9.17, 15) is 9.59 Å². The number of thioether (sulfide) groups is 1. The molecule has 1 heterocycles. The third kappa shape index (κ3) is 3.07. The Morgan fingerprint density at radius 1 is 1.32 bits per heavy atom. The lowest BCUT2D eigenvalue weighted by Crippen LogP contribution is -2.67. The number of amides is 2. The summed E-state index contributed by atoms with van der Waals surface area (Å²) in [5, 5.41) is 2.95. The maximum Gasteiger partial charge on any atom is 0.246 e. The molecular weight excluding hydrogens is 260 g/mol. The van der Waals surface area contributed by atoms with Gasteiger partial charge in [0, 0.05) is 12.3 Å². The highest BCUT2D eigenvalue weighted by Gasteiger charge is 2.49. The summed E-state index contributed by atoms with van der Waals surface area (Å²) in [7, 11) is 0. The summed E-state index contributed by atoms with van der Waals surface area (Å²) in [4.78, 5) is 26.8. The fraction of sp³-hybridized carbons (Fsp3) is 0.857. The van der Waals surface area contributed by atoms with Crippen LogP contribution in [0.1, 0.15) is 33.6 Å². The van der Waals surface area contributed by atoms with Crippen LogP contribution in [-0.2, 0) is 9.59 Å². The van der Waals surface area contributed by atoms with Crippen molar-refractivity contribution in [3.63, 3.8) is 0 Å². The Morgan fingerprint density at radius 3 is 2.42 bits per heavy atom. The van der Waals surface area contributed by atoms with Crippen LogP contribution in [0.4, 0.5) is 0 Å². The van der Waals surface area contributed by atoms with Crippen molar-refractivity contribution < 1.29 is 9.59 Å². The maximum absolute atomic E-state index is 12.6. The molecule has 4 nitrogen and oxygen atoms in total. The minimum atomic E-state index is -0.345. The molecule has 1 saturated heterocycles. The lowest BCUT2D eigenvalue weighted by molar-refractivity contribution is -0.154. The van der Waals surface area contributed by atoms with E-state index in [-0.39, 0.29) is 29.3 Å². The molecule has 1 N–H and O–H groups in total. The molecule has 0 aromatic carbocycles. The maximum atomic E-state index is 12.6. The van der Waals surface area contributed by atoms with Crippen molar-refractivity contribution in [3.8, 4) is 0 Å². The summed E-state index contributed by atoms with van der Waals surface area (Å²) < 4.78 is 0. The molecule has 2 aliphatic rings. The Kier molecular flexibility index (Phi) is 4.14. The van der Waals surface area contributed by atoms with E-state index < -0.39 is 0 Å². The van der Waals surface area contributed by atoms with Crippen molar-refractivity contribution in [2.75, 3.05) is 18.6 Å². The van der Waals surface area contributed by atoms with Crippen LogP contribution in [0.5, 0.6) is 0 Å². The fourth-order valence-electron chi connectivity index (χ4n) is 2.78. The average Bonchev–Trinajstić information content (AvgIpc) is 3.11. The molecule has 0 spiro atoms. The van der Waals surface area contributed by atoms with Crippen LogP contribution >= 0.6 is 11.8 Å². The van der Waals surface area contributed by atoms with Crippen LogP contribution < -0.4 is 5.32 Å². The minimum Gasteiger partial charge on any atom is -0.342 e. The van der Waals surface area contributed by atoms with Crippen molar-refractivity contribution in [2.24, 2.45) is 11.3 Å². The molecule has 19 heavy (non-hydrogen) atoms. The van der Waals surface area contributed by atoms with E-state index in [1.807, 2.05) is 31.9 Å².